The van der Waals surface area contributed by atoms with Gasteiger partial charge in [-0.2, -0.15) is 0 Å². The van der Waals surface area contributed by atoms with E-state index in [1.54, 1.807) is 6.20 Å². The van der Waals surface area contributed by atoms with Crippen LogP contribution in [0.5, 0.6) is 0 Å². The lowest BCUT2D eigenvalue weighted by atomic mass is 9.88. The van der Waals surface area contributed by atoms with Crippen molar-refractivity contribution in [2.24, 2.45) is 7.05 Å². The molecule has 2 N–H and O–H groups in total. The van der Waals surface area contributed by atoms with Gasteiger partial charge < -0.3 is 20.1 Å². The second-order valence-electron chi connectivity index (χ2n) is 6.54. The molecule has 7 heteroatoms. The van der Waals surface area contributed by atoms with Crippen molar-refractivity contribution in [2.75, 3.05) is 25.0 Å². The number of fused-ring (bicyclic) bond motifs is 1. The standard InChI is InChI=1S/C18H21N5O2/c1-22-8-7-20-17(22)15-11-19-6-9-23(15)18(25)13-10-16(24)21-14-5-3-2-4-12(13)14/h2-5,7-8,13,15,19H,6,9-11H2,1H3,(H,21,24). The summed E-state index contributed by atoms with van der Waals surface area (Å²) in [6, 6.07) is 7.42. The van der Waals surface area contributed by atoms with Crippen molar-refractivity contribution in [1.82, 2.24) is 19.8 Å². The fourth-order valence-electron chi connectivity index (χ4n) is 3.73. The number of hydrogen-bond donors (Lipinski definition) is 2. The van der Waals surface area contributed by atoms with E-state index in [0.29, 0.717) is 13.1 Å². The van der Waals surface area contributed by atoms with Gasteiger partial charge in [0.05, 0.1) is 5.92 Å². The van der Waals surface area contributed by atoms with Gasteiger partial charge in [0.25, 0.3) is 0 Å². The summed E-state index contributed by atoms with van der Waals surface area (Å²) in [5.74, 6) is 0.303. The lowest BCUT2D eigenvalue weighted by Gasteiger charge is -2.38. The predicted octanol–water partition coefficient (Wildman–Crippen LogP) is 1.02. The fourth-order valence-corrected chi connectivity index (χ4v) is 3.73. The Balaban J connectivity index is 1.67. The van der Waals surface area contributed by atoms with E-state index in [1.165, 1.54) is 0 Å². The molecule has 7 nitrogen and oxygen atoms in total. The van der Waals surface area contributed by atoms with Crippen LogP contribution in [0.2, 0.25) is 0 Å². The Labute approximate surface area is 146 Å². The molecular weight excluding hydrogens is 318 g/mol. The van der Waals surface area contributed by atoms with Crippen LogP contribution in [0, 0.1) is 0 Å². The molecule has 0 bridgehead atoms. The highest BCUT2D eigenvalue weighted by atomic mass is 16.2. The van der Waals surface area contributed by atoms with Crippen LogP contribution in [0.4, 0.5) is 5.69 Å². The number of hydrogen-bond acceptors (Lipinski definition) is 4. The Morgan fingerprint density at radius 3 is 2.96 bits per heavy atom. The normalized spacial score (nSPS) is 23.1. The molecule has 130 valence electrons. The zero-order valence-corrected chi connectivity index (χ0v) is 14.1. The number of carbonyl (C=O) groups is 2. The summed E-state index contributed by atoms with van der Waals surface area (Å²) in [5.41, 5.74) is 1.63. The van der Waals surface area contributed by atoms with E-state index in [9.17, 15) is 9.59 Å². The minimum Gasteiger partial charge on any atom is -0.336 e. The topological polar surface area (TPSA) is 79.3 Å². The summed E-state index contributed by atoms with van der Waals surface area (Å²) < 4.78 is 1.94. The molecule has 3 heterocycles. The van der Waals surface area contributed by atoms with Gasteiger partial charge in [-0.05, 0) is 11.6 Å². The van der Waals surface area contributed by atoms with E-state index >= 15 is 0 Å². The van der Waals surface area contributed by atoms with Crippen molar-refractivity contribution >= 4 is 17.5 Å². The molecule has 1 aromatic carbocycles. The highest BCUT2D eigenvalue weighted by molar-refractivity contribution is 6.01. The Kier molecular flexibility index (Phi) is 4.01. The van der Waals surface area contributed by atoms with E-state index in [1.807, 2.05) is 47.0 Å². The Bertz CT molecular complexity index is 815. The number of para-hydroxylation sites is 1. The number of aryl methyl sites for hydroxylation is 1. The largest absolute Gasteiger partial charge is 0.336 e. The monoisotopic (exact) mass is 339 g/mol. The number of benzene rings is 1. The zero-order chi connectivity index (χ0) is 17.4. The van der Waals surface area contributed by atoms with Crippen LogP contribution in [0.25, 0.3) is 0 Å². The maximum absolute atomic E-state index is 13.4. The van der Waals surface area contributed by atoms with Crippen LogP contribution in [-0.4, -0.2) is 45.9 Å². The summed E-state index contributed by atoms with van der Waals surface area (Å²) in [7, 11) is 1.93. The number of imidazole rings is 1. The number of carbonyl (C=O) groups excluding carboxylic acids is 2. The average molecular weight is 339 g/mol. The summed E-state index contributed by atoms with van der Waals surface area (Å²) in [6.45, 7) is 2.01. The van der Waals surface area contributed by atoms with Crippen molar-refractivity contribution in [3.8, 4) is 0 Å². The Hall–Kier alpha value is -2.67. The Morgan fingerprint density at radius 1 is 1.32 bits per heavy atom. The van der Waals surface area contributed by atoms with Crippen LogP contribution in [0.3, 0.4) is 0 Å². The van der Waals surface area contributed by atoms with Gasteiger partial charge in [0.1, 0.15) is 11.9 Å². The molecule has 0 saturated carbocycles. The number of aromatic nitrogens is 2. The number of anilines is 1. The van der Waals surface area contributed by atoms with Gasteiger partial charge in [0, 0.05) is 51.2 Å². The van der Waals surface area contributed by atoms with E-state index in [4.69, 9.17) is 0 Å². The minimum absolute atomic E-state index is 0.00296. The van der Waals surface area contributed by atoms with Gasteiger partial charge in [-0.3, -0.25) is 9.59 Å². The number of amides is 2. The van der Waals surface area contributed by atoms with E-state index in [0.717, 1.165) is 23.6 Å². The van der Waals surface area contributed by atoms with Gasteiger partial charge in [-0.25, -0.2) is 4.98 Å². The molecular formula is C18H21N5O2. The lowest BCUT2D eigenvalue weighted by molar-refractivity contribution is -0.138. The molecule has 2 amide bonds. The molecule has 25 heavy (non-hydrogen) atoms. The van der Waals surface area contributed by atoms with Crippen LogP contribution in [-0.2, 0) is 16.6 Å². The first-order valence-electron chi connectivity index (χ1n) is 8.52. The zero-order valence-electron chi connectivity index (χ0n) is 14.1. The van der Waals surface area contributed by atoms with E-state index in [2.05, 4.69) is 15.6 Å². The highest BCUT2D eigenvalue weighted by Gasteiger charge is 2.38. The minimum atomic E-state index is -0.439. The first kappa shape index (κ1) is 15.8. The smallest absolute Gasteiger partial charge is 0.231 e. The van der Waals surface area contributed by atoms with Crippen LogP contribution in [0.15, 0.2) is 36.7 Å². The third kappa shape index (κ3) is 2.80. The fraction of sp³-hybridized carbons (Fsp3) is 0.389. The summed E-state index contributed by atoms with van der Waals surface area (Å²) in [4.78, 5) is 31.7. The van der Waals surface area contributed by atoms with E-state index < -0.39 is 5.92 Å². The van der Waals surface area contributed by atoms with Gasteiger partial charge in [0.2, 0.25) is 11.8 Å². The number of piperazine rings is 1. The first-order chi connectivity index (χ1) is 12.1. The molecule has 2 aliphatic heterocycles. The predicted molar refractivity (Wildman–Crippen MR) is 93.0 cm³/mol. The van der Waals surface area contributed by atoms with Crippen molar-refractivity contribution in [2.45, 2.75) is 18.4 Å². The summed E-state index contributed by atoms with van der Waals surface area (Å²) >= 11 is 0. The number of nitrogens with zero attached hydrogens (tertiary/aromatic N) is 3. The maximum atomic E-state index is 13.4. The second-order valence-corrected chi connectivity index (χ2v) is 6.54. The molecule has 1 fully saturated rings. The third-order valence-electron chi connectivity index (χ3n) is 4.98. The third-order valence-corrected chi connectivity index (χ3v) is 4.98. The quantitative estimate of drug-likeness (QED) is 0.856. The molecule has 0 spiro atoms. The SMILES string of the molecule is Cn1ccnc1C1CNCCN1C(=O)C1CC(=O)Nc2ccccc21. The molecule has 1 saturated heterocycles. The van der Waals surface area contributed by atoms with Gasteiger partial charge in [-0.15, -0.1) is 0 Å². The van der Waals surface area contributed by atoms with Crippen molar-refractivity contribution in [1.29, 1.82) is 0 Å². The van der Waals surface area contributed by atoms with Crippen LogP contribution >= 0.6 is 0 Å². The van der Waals surface area contributed by atoms with Crippen molar-refractivity contribution in [3.63, 3.8) is 0 Å². The Morgan fingerprint density at radius 2 is 2.16 bits per heavy atom. The van der Waals surface area contributed by atoms with E-state index in [-0.39, 0.29) is 24.3 Å². The maximum Gasteiger partial charge on any atom is 0.231 e. The summed E-state index contributed by atoms with van der Waals surface area (Å²) in [5, 5.41) is 6.20. The summed E-state index contributed by atoms with van der Waals surface area (Å²) in [6.07, 6.45) is 3.82. The molecule has 2 aliphatic rings. The molecule has 2 aromatic rings. The van der Waals surface area contributed by atoms with Crippen LogP contribution in [0.1, 0.15) is 29.8 Å². The number of rotatable bonds is 2. The van der Waals surface area contributed by atoms with Gasteiger partial charge in [0.15, 0.2) is 0 Å². The number of nitrogens with one attached hydrogen (secondary N) is 2. The highest BCUT2D eigenvalue weighted by Crippen LogP contribution is 2.35. The average Bonchev–Trinajstić information content (AvgIpc) is 3.06. The molecule has 0 radical (unpaired) electrons. The van der Waals surface area contributed by atoms with Crippen molar-refractivity contribution in [3.05, 3.63) is 48.0 Å². The van der Waals surface area contributed by atoms with Crippen LogP contribution < -0.4 is 10.6 Å². The molecule has 0 aliphatic carbocycles. The molecule has 1 aromatic heterocycles. The second kappa shape index (κ2) is 6.33. The first-order valence-corrected chi connectivity index (χ1v) is 8.52. The van der Waals surface area contributed by atoms with Crippen molar-refractivity contribution < 1.29 is 9.59 Å². The molecule has 2 unspecified atom stereocenters. The van der Waals surface area contributed by atoms with Gasteiger partial charge in [-0.1, -0.05) is 18.2 Å². The lowest BCUT2D eigenvalue weighted by Crippen LogP contribution is -2.51. The molecule has 2 atom stereocenters. The molecule has 4 rings (SSSR count). The van der Waals surface area contributed by atoms with Gasteiger partial charge >= 0.3 is 0 Å².